The number of aromatic hydroxyl groups is 1. The number of carbonyl (C=O) groups is 1. The number of phenolic OH excluding ortho intramolecular Hbond substituents is 1. The van der Waals surface area contributed by atoms with E-state index in [-0.39, 0.29) is 12.2 Å². The first-order valence-corrected chi connectivity index (χ1v) is 4.89. The SMILES string of the molecule is CCOC(=O)c1c(OC(F)F)ccc(C#N)c1O. The van der Waals surface area contributed by atoms with Gasteiger partial charge in [-0.15, -0.1) is 0 Å². The highest BCUT2D eigenvalue weighted by Gasteiger charge is 2.23. The second kappa shape index (κ2) is 5.82. The first-order valence-electron chi connectivity index (χ1n) is 4.89. The van der Waals surface area contributed by atoms with Crippen LogP contribution in [-0.4, -0.2) is 24.3 Å². The van der Waals surface area contributed by atoms with Gasteiger partial charge in [0.1, 0.15) is 17.4 Å². The molecule has 0 saturated carbocycles. The van der Waals surface area contributed by atoms with Crippen LogP contribution in [0.4, 0.5) is 8.78 Å². The van der Waals surface area contributed by atoms with Crippen LogP contribution < -0.4 is 4.74 Å². The van der Waals surface area contributed by atoms with Gasteiger partial charge in [0.05, 0.1) is 12.2 Å². The zero-order valence-corrected chi connectivity index (χ0v) is 9.31. The predicted molar refractivity (Wildman–Crippen MR) is 55.4 cm³/mol. The fraction of sp³-hybridized carbons (Fsp3) is 0.273. The van der Waals surface area contributed by atoms with Crippen molar-refractivity contribution >= 4 is 5.97 Å². The number of esters is 1. The fourth-order valence-corrected chi connectivity index (χ4v) is 1.26. The second-order valence-electron chi connectivity index (χ2n) is 3.05. The lowest BCUT2D eigenvalue weighted by molar-refractivity contribution is -0.0505. The summed E-state index contributed by atoms with van der Waals surface area (Å²) >= 11 is 0. The molecular formula is C11H9F2NO4. The van der Waals surface area contributed by atoms with Crippen LogP contribution in [-0.2, 0) is 4.74 Å². The normalized spacial score (nSPS) is 9.94. The number of hydrogen-bond acceptors (Lipinski definition) is 5. The number of phenols is 1. The Morgan fingerprint density at radius 1 is 1.56 bits per heavy atom. The topological polar surface area (TPSA) is 79.5 Å². The molecule has 1 aromatic carbocycles. The second-order valence-corrected chi connectivity index (χ2v) is 3.05. The van der Waals surface area contributed by atoms with E-state index in [1.54, 1.807) is 6.07 Å². The Labute approximate surface area is 101 Å². The van der Waals surface area contributed by atoms with Gasteiger partial charge in [-0.1, -0.05) is 0 Å². The molecule has 0 bridgehead atoms. The van der Waals surface area contributed by atoms with Gasteiger partial charge in [-0.2, -0.15) is 14.0 Å². The molecule has 0 spiro atoms. The van der Waals surface area contributed by atoms with E-state index in [0.29, 0.717) is 0 Å². The number of halogens is 2. The van der Waals surface area contributed by atoms with Crippen molar-refractivity contribution in [2.75, 3.05) is 6.61 Å². The number of rotatable bonds is 4. The molecule has 1 aromatic rings. The van der Waals surface area contributed by atoms with E-state index in [1.165, 1.54) is 6.92 Å². The summed E-state index contributed by atoms with van der Waals surface area (Å²) in [6.45, 7) is -1.66. The zero-order chi connectivity index (χ0) is 13.7. The van der Waals surface area contributed by atoms with Crippen molar-refractivity contribution in [1.82, 2.24) is 0 Å². The molecule has 0 aliphatic carbocycles. The Bertz CT molecular complexity index is 497. The van der Waals surface area contributed by atoms with Crippen LogP contribution >= 0.6 is 0 Å². The van der Waals surface area contributed by atoms with E-state index in [1.807, 2.05) is 0 Å². The van der Waals surface area contributed by atoms with E-state index in [0.717, 1.165) is 12.1 Å². The number of nitriles is 1. The Balaban J connectivity index is 3.31. The molecule has 0 saturated heterocycles. The lowest BCUT2D eigenvalue weighted by Crippen LogP contribution is -2.11. The van der Waals surface area contributed by atoms with Crippen LogP contribution in [0.3, 0.4) is 0 Å². The summed E-state index contributed by atoms with van der Waals surface area (Å²) in [7, 11) is 0. The molecule has 0 aromatic heterocycles. The first-order chi connectivity index (χ1) is 8.51. The largest absolute Gasteiger partial charge is 0.506 e. The van der Waals surface area contributed by atoms with Gasteiger partial charge < -0.3 is 14.6 Å². The summed E-state index contributed by atoms with van der Waals surface area (Å²) in [6.07, 6.45) is 0. The molecule has 5 nitrogen and oxygen atoms in total. The van der Waals surface area contributed by atoms with Crippen LogP contribution in [0.2, 0.25) is 0 Å². The first kappa shape index (κ1) is 13.7. The van der Waals surface area contributed by atoms with Gasteiger partial charge in [0.25, 0.3) is 0 Å². The number of carbonyl (C=O) groups excluding carboxylic acids is 1. The highest BCUT2D eigenvalue weighted by Crippen LogP contribution is 2.32. The van der Waals surface area contributed by atoms with Crippen molar-refractivity contribution in [3.8, 4) is 17.6 Å². The van der Waals surface area contributed by atoms with Gasteiger partial charge in [0, 0.05) is 0 Å². The van der Waals surface area contributed by atoms with E-state index < -0.39 is 29.6 Å². The minimum absolute atomic E-state index is 0.0107. The number of benzene rings is 1. The van der Waals surface area contributed by atoms with Crippen LogP contribution in [0, 0.1) is 11.3 Å². The summed E-state index contributed by atoms with van der Waals surface area (Å²) in [6, 6.07) is 3.67. The van der Waals surface area contributed by atoms with Crippen molar-refractivity contribution in [1.29, 1.82) is 5.26 Å². The smallest absolute Gasteiger partial charge is 0.387 e. The minimum Gasteiger partial charge on any atom is -0.506 e. The quantitative estimate of drug-likeness (QED) is 0.835. The van der Waals surface area contributed by atoms with Crippen molar-refractivity contribution in [2.24, 2.45) is 0 Å². The van der Waals surface area contributed by atoms with Gasteiger partial charge in [0.15, 0.2) is 5.75 Å². The molecule has 0 atom stereocenters. The highest BCUT2D eigenvalue weighted by molar-refractivity contribution is 5.96. The third-order valence-corrected chi connectivity index (χ3v) is 1.96. The van der Waals surface area contributed by atoms with Crippen LogP contribution in [0.5, 0.6) is 11.5 Å². The molecule has 1 rings (SSSR count). The standard InChI is InChI=1S/C11H9F2NO4/c1-2-17-10(16)8-7(18-11(12)13)4-3-6(5-14)9(8)15/h3-4,11,15H,2H2,1H3. The summed E-state index contributed by atoms with van der Waals surface area (Å²) in [5.74, 6) is -2.32. The van der Waals surface area contributed by atoms with E-state index >= 15 is 0 Å². The molecule has 18 heavy (non-hydrogen) atoms. The third kappa shape index (κ3) is 2.85. The Kier molecular flexibility index (Phi) is 4.43. The fourth-order valence-electron chi connectivity index (χ4n) is 1.26. The van der Waals surface area contributed by atoms with Crippen LogP contribution in [0.25, 0.3) is 0 Å². The number of nitrogens with zero attached hydrogens (tertiary/aromatic N) is 1. The molecule has 0 radical (unpaired) electrons. The maximum Gasteiger partial charge on any atom is 0.387 e. The van der Waals surface area contributed by atoms with Gasteiger partial charge >= 0.3 is 12.6 Å². The van der Waals surface area contributed by atoms with Crippen LogP contribution in [0.15, 0.2) is 12.1 Å². The summed E-state index contributed by atoms with van der Waals surface area (Å²) in [4.78, 5) is 11.5. The lowest BCUT2D eigenvalue weighted by atomic mass is 10.1. The minimum atomic E-state index is -3.16. The lowest BCUT2D eigenvalue weighted by Gasteiger charge is -2.11. The summed E-state index contributed by atoms with van der Waals surface area (Å²) < 4.78 is 33.0. The molecule has 0 aliphatic rings. The number of alkyl halides is 2. The van der Waals surface area contributed by atoms with E-state index in [4.69, 9.17) is 5.26 Å². The molecule has 7 heteroatoms. The molecular weight excluding hydrogens is 248 g/mol. The van der Waals surface area contributed by atoms with Crippen molar-refractivity contribution in [2.45, 2.75) is 13.5 Å². The Morgan fingerprint density at radius 3 is 2.72 bits per heavy atom. The molecule has 0 aliphatic heterocycles. The van der Waals surface area contributed by atoms with E-state index in [9.17, 15) is 18.7 Å². The molecule has 0 heterocycles. The molecule has 0 fully saturated rings. The molecule has 1 N–H and O–H groups in total. The van der Waals surface area contributed by atoms with Crippen molar-refractivity contribution < 1.29 is 28.2 Å². The predicted octanol–water partition coefficient (Wildman–Crippen LogP) is 2.04. The van der Waals surface area contributed by atoms with Crippen molar-refractivity contribution in [3.05, 3.63) is 23.3 Å². The Hall–Kier alpha value is -2.36. The van der Waals surface area contributed by atoms with Gasteiger partial charge in [0.2, 0.25) is 0 Å². The van der Waals surface area contributed by atoms with Gasteiger partial charge in [-0.3, -0.25) is 0 Å². The average Bonchev–Trinajstić information content (AvgIpc) is 2.29. The number of hydrogen-bond donors (Lipinski definition) is 1. The average molecular weight is 257 g/mol. The molecule has 0 amide bonds. The van der Waals surface area contributed by atoms with E-state index in [2.05, 4.69) is 9.47 Å². The van der Waals surface area contributed by atoms with Crippen LogP contribution in [0.1, 0.15) is 22.8 Å². The zero-order valence-electron chi connectivity index (χ0n) is 9.31. The third-order valence-electron chi connectivity index (χ3n) is 1.96. The Morgan fingerprint density at radius 2 is 2.22 bits per heavy atom. The number of ether oxygens (including phenoxy) is 2. The molecule has 96 valence electrons. The maximum absolute atomic E-state index is 12.1. The monoisotopic (exact) mass is 257 g/mol. The van der Waals surface area contributed by atoms with Gasteiger partial charge in [-0.05, 0) is 19.1 Å². The molecule has 0 unspecified atom stereocenters. The van der Waals surface area contributed by atoms with Crippen molar-refractivity contribution in [3.63, 3.8) is 0 Å². The summed E-state index contributed by atoms with van der Waals surface area (Å²) in [5.41, 5.74) is -0.823. The highest BCUT2D eigenvalue weighted by atomic mass is 19.3. The van der Waals surface area contributed by atoms with Gasteiger partial charge in [-0.25, -0.2) is 4.79 Å². The summed E-state index contributed by atoms with van der Waals surface area (Å²) in [5, 5.41) is 18.3. The maximum atomic E-state index is 12.1.